The molecular weight excluding hydrogens is 206 g/mol. The molecule has 0 radical (unpaired) electrons. The summed E-state index contributed by atoms with van der Waals surface area (Å²) in [5.41, 5.74) is 1.82. The van der Waals surface area contributed by atoms with Crippen LogP contribution in [0.3, 0.4) is 0 Å². The molecule has 82 valence electrons. The maximum Gasteiger partial charge on any atom is 0.270 e. The van der Waals surface area contributed by atoms with Crippen molar-refractivity contribution in [3.63, 3.8) is 0 Å². The Morgan fingerprint density at radius 1 is 1.19 bits per heavy atom. The highest BCUT2D eigenvalue weighted by Gasteiger charge is 2.02. The topological polar surface area (TPSA) is 0 Å². The highest BCUT2D eigenvalue weighted by molar-refractivity contribution is 5.78. The summed E-state index contributed by atoms with van der Waals surface area (Å²) in [5, 5.41) is 0. The molecule has 0 aliphatic rings. The van der Waals surface area contributed by atoms with Crippen molar-refractivity contribution < 1.29 is 8.78 Å². The molecule has 0 nitrogen and oxygen atoms in total. The summed E-state index contributed by atoms with van der Waals surface area (Å²) in [5.74, 6) is 0. The van der Waals surface area contributed by atoms with Crippen LogP contribution in [0.4, 0.5) is 8.78 Å². The van der Waals surface area contributed by atoms with Crippen LogP contribution >= 0.6 is 0 Å². The number of benzene rings is 1. The molecule has 0 N–H and O–H groups in total. The van der Waals surface area contributed by atoms with Gasteiger partial charge in [0.25, 0.3) is 6.08 Å². The van der Waals surface area contributed by atoms with E-state index in [0.29, 0.717) is 16.7 Å². The predicted octanol–water partition coefficient (Wildman–Crippen LogP) is 4.68. The molecule has 0 aliphatic heterocycles. The van der Waals surface area contributed by atoms with E-state index in [4.69, 9.17) is 0 Å². The smallest absolute Gasteiger partial charge is 0.173 e. The van der Waals surface area contributed by atoms with Crippen LogP contribution in [0.2, 0.25) is 0 Å². The Balaban J connectivity index is 3.13. The molecule has 0 aromatic heterocycles. The number of hydrogen-bond acceptors (Lipinski definition) is 0. The zero-order valence-corrected chi connectivity index (χ0v) is 8.79. The average Bonchev–Trinajstić information content (AvgIpc) is 2.26. The van der Waals surface area contributed by atoms with Gasteiger partial charge in [-0.15, -0.1) is 0 Å². The lowest BCUT2D eigenvalue weighted by molar-refractivity contribution is 0.429. The third kappa shape index (κ3) is 3.31. The van der Waals surface area contributed by atoms with Crippen molar-refractivity contribution in [2.75, 3.05) is 0 Å². The SMILES string of the molecule is C=C/C=C\C(=C)c1ccccc1C=C(F)F. The lowest BCUT2D eigenvalue weighted by Crippen LogP contribution is -1.85. The molecule has 0 unspecified atom stereocenters. The van der Waals surface area contributed by atoms with E-state index in [1.807, 2.05) is 0 Å². The van der Waals surface area contributed by atoms with Gasteiger partial charge in [-0.2, -0.15) is 8.78 Å². The minimum Gasteiger partial charge on any atom is -0.173 e. The monoisotopic (exact) mass is 218 g/mol. The van der Waals surface area contributed by atoms with E-state index in [9.17, 15) is 8.78 Å². The average molecular weight is 218 g/mol. The third-order valence-electron chi connectivity index (χ3n) is 2.00. The molecule has 1 rings (SSSR count). The van der Waals surface area contributed by atoms with E-state index in [0.717, 1.165) is 6.08 Å². The normalized spacial score (nSPS) is 10.1. The Morgan fingerprint density at radius 3 is 2.50 bits per heavy atom. The first kappa shape index (κ1) is 12.1. The Hall–Kier alpha value is -1.96. The second-order valence-electron chi connectivity index (χ2n) is 3.14. The van der Waals surface area contributed by atoms with Crippen LogP contribution in [0.15, 0.2) is 61.7 Å². The van der Waals surface area contributed by atoms with Gasteiger partial charge in [-0.3, -0.25) is 0 Å². The van der Waals surface area contributed by atoms with Gasteiger partial charge in [-0.05, 0) is 16.7 Å². The first-order chi connectivity index (χ1) is 7.65. The minimum absolute atomic E-state index is 0.459. The second-order valence-corrected chi connectivity index (χ2v) is 3.14. The summed E-state index contributed by atoms with van der Waals surface area (Å²) in [4.78, 5) is 0. The lowest BCUT2D eigenvalue weighted by Gasteiger charge is -2.04. The highest BCUT2D eigenvalue weighted by Crippen LogP contribution is 2.21. The van der Waals surface area contributed by atoms with E-state index in [1.165, 1.54) is 0 Å². The van der Waals surface area contributed by atoms with Gasteiger partial charge >= 0.3 is 0 Å². The highest BCUT2D eigenvalue weighted by atomic mass is 19.3. The number of allylic oxidation sites excluding steroid dienone is 4. The van der Waals surface area contributed by atoms with Crippen LogP contribution in [0.5, 0.6) is 0 Å². The molecule has 0 amide bonds. The summed E-state index contributed by atoms with van der Waals surface area (Å²) in [6.45, 7) is 7.36. The quantitative estimate of drug-likeness (QED) is 0.644. The molecule has 1 aromatic rings. The zero-order valence-electron chi connectivity index (χ0n) is 8.79. The molecule has 2 heteroatoms. The minimum atomic E-state index is -1.71. The molecule has 0 aliphatic carbocycles. The van der Waals surface area contributed by atoms with E-state index in [1.54, 1.807) is 42.5 Å². The Labute approximate surface area is 93.9 Å². The Bertz CT molecular complexity index is 450. The maximum absolute atomic E-state index is 12.2. The van der Waals surface area contributed by atoms with Gasteiger partial charge in [0.15, 0.2) is 0 Å². The molecule has 16 heavy (non-hydrogen) atoms. The van der Waals surface area contributed by atoms with Crippen molar-refractivity contribution in [1.29, 1.82) is 0 Å². The number of hydrogen-bond donors (Lipinski definition) is 0. The second kappa shape index (κ2) is 5.81. The molecule has 0 saturated heterocycles. The van der Waals surface area contributed by atoms with Crippen molar-refractivity contribution in [3.05, 3.63) is 72.9 Å². The van der Waals surface area contributed by atoms with E-state index < -0.39 is 6.08 Å². The van der Waals surface area contributed by atoms with E-state index >= 15 is 0 Å². The summed E-state index contributed by atoms with van der Waals surface area (Å²) >= 11 is 0. The van der Waals surface area contributed by atoms with Crippen molar-refractivity contribution in [2.45, 2.75) is 0 Å². The fraction of sp³-hybridized carbons (Fsp3) is 0. The first-order valence-corrected chi connectivity index (χ1v) is 4.75. The van der Waals surface area contributed by atoms with Gasteiger partial charge in [0.2, 0.25) is 0 Å². The zero-order chi connectivity index (χ0) is 12.0. The summed E-state index contributed by atoms with van der Waals surface area (Å²) < 4.78 is 24.4. The Kier molecular flexibility index (Phi) is 4.40. The van der Waals surface area contributed by atoms with Crippen molar-refractivity contribution in [2.24, 2.45) is 0 Å². The molecule has 1 aromatic carbocycles. The standard InChI is InChI=1S/C14H12F2/c1-3-4-7-11(2)13-9-6-5-8-12(13)10-14(15)16/h3-10H,1-2H2/b7-4-. The van der Waals surface area contributed by atoms with Crippen LogP contribution in [-0.4, -0.2) is 0 Å². The van der Waals surface area contributed by atoms with E-state index in [-0.39, 0.29) is 0 Å². The summed E-state index contributed by atoms with van der Waals surface area (Å²) in [7, 11) is 0. The summed E-state index contributed by atoms with van der Waals surface area (Å²) in [6.07, 6.45) is 4.18. The molecule has 0 bridgehead atoms. The summed E-state index contributed by atoms with van der Waals surface area (Å²) in [6, 6.07) is 6.88. The maximum atomic E-state index is 12.2. The van der Waals surface area contributed by atoms with Gasteiger partial charge in [0, 0.05) is 6.08 Å². The molecule has 0 heterocycles. The molecule has 0 saturated carbocycles. The molecule has 0 spiro atoms. The van der Waals surface area contributed by atoms with Gasteiger partial charge in [0.1, 0.15) is 0 Å². The Morgan fingerprint density at radius 2 is 1.88 bits per heavy atom. The van der Waals surface area contributed by atoms with Crippen molar-refractivity contribution in [3.8, 4) is 0 Å². The molecule has 0 fully saturated rings. The largest absolute Gasteiger partial charge is 0.270 e. The molecular formula is C14H12F2. The van der Waals surface area contributed by atoms with Crippen molar-refractivity contribution in [1.82, 2.24) is 0 Å². The van der Waals surface area contributed by atoms with Gasteiger partial charge in [0.05, 0.1) is 0 Å². The van der Waals surface area contributed by atoms with Crippen LogP contribution in [0.25, 0.3) is 11.6 Å². The first-order valence-electron chi connectivity index (χ1n) is 4.75. The van der Waals surface area contributed by atoms with Crippen LogP contribution < -0.4 is 0 Å². The fourth-order valence-corrected chi connectivity index (χ4v) is 1.31. The number of halogens is 2. The van der Waals surface area contributed by atoms with Crippen LogP contribution in [0.1, 0.15) is 11.1 Å². The number of rotatable bonds is 4. The van der Waals surface area contributed by atoms with E-state index in [2.05, 4.69) is 13.2 Å². The lowest BCUT2D eigenvalue weighted by atomic mass is 10.0. The van der Waals surface area contributed by atoms with Crippen LogP contribution in [-0.2, 0) is 0 Å². The third-order valence-corrected chi connectivity index (χ3v) is 2.00. The predicted molar refractivity (Wildman–Crippen MR) is 65.0 cm³/mol. The van der Waals surface area contributed by atoms with Gasteiger partial charge in [-0.25, -0.2) is 0 Å². The van der Waals surface area contributed by atoms with Gasteiger partial charge < -0.3 is 0 Å². The van der Waals surface area contributed by atoms with Crippen molar-refractivity contribution >= 4 is 11.6 Å². The fourth-order valence-electron chi connectivity index (χ4n) is 1.31. The van der Waals surface area contributed by atoms with Gasteiger partial charge in [-0.1, -0.05) is 55.7 Å². The molecule has 0 atom stereocenters. The van der Waals surface area contributed by atoms with Crippen LogP contribution in [0, 0.1) is 0 Å².